The Morgan fingerprint density at radius 3 is 2.95 bits per heavy atom. The lowest BCUT2D eigenvalue weighted by molar-refractivity contribution is -0.385. The van der Waals surface area contributed by atoms with Crippen molar-refractivity contribution in [2.75, 3.05) is 18.4 Å². The summed E-state index contributed by atoms with van der Waals surface area (Å²) in [6, 6.07) is 4.77. The molecule has 2 atom stereocenters. The number of anilines is 1. The topological polar surface area (TPSA) is 84.3 Å². The van der Waals surface area contributed by atoms with Crippen LogP contribution in [0.4, 0.5) is 11.4 Å². The third kappa shape index (κ3) is 4.27. The third-order valence-electron chi connectivity index (χ3n) is 4.34. The largest absolute Gasteiger partial charge is 0.326 e. The summed E-state index contributed by atoms with van der Waals surface area (Å²) < 4.78 is 0. The van der Waals surface area contributed by atoms with Crippen molar-refractivity contribution in [1.29, 1.82) is 0 Å². The number of piperidine rings is 1. The van der Waals surface area contributed by atoms with Crippen LogP contribution in [0.2, 0.25) is 0 Å². The average molecular weight is 305 g/mol. The Labute approximate surface area is 130 Å². The standard InChI is InChI=1S/C16H23N3O3/c1-11-5-6-14(9-15(11)19(21)22)18-16(20)8-12(2)13-4-3-7-17-10-13/h5-6,9,12-13,17H,3-4,7-8,10H2,1-2H3,(H,18,20). The summed E-state index contributed by atoms with van der Waals surface area (Å²) >= 11 is 0. The van der Waals surface area contributed by atoms with Gasteiger partial charge in [0.1, 0.15) is 0 Å². The zero-order chi connectivity index (χ0) is 16.1. The monoisotopic (exact) mass is 305 g/mol. The van der Waals surface area contributed by atoms with Gasteiger partial charge < -0.3 is 10.6 Å². The molecule has 1 fully saturated rings. The summed E-state index contributed by atoms with van der Waals surface area (Å²) in [5.74, 6) is 0.733. The molecule has 0 saturated carbocycles. The Hall–Kier alpha value is -1.95. The second-order valence-electron chi connectivity index (χ2n) is 6.09. The predicted molar refractivity (Wildman–Crippen MR) is 85.8 cm³/mol. The lowest BCUT2D eigenvalue weighted by Gasteiger charge is -2.28. The molecule has 6 heteroatoms. The van der Waals surface area contributed by atoms with E-state index in [1.807, 2.05) is 0 Å². The Balaban J connectivity index is 1.94. The minimum atomic E-state index is -0.429. The van der Waals surface area contributed by atoms with Crippen molar-refractivity contribution in [2.45, 2.75) is 33.1 Å². The number of carbonyl (C=O) groups is 1. The quantitative estimate of drug-likeness (QED) is 0.647. The number of carbonyl (C=O) groups excluding carboxylic acids is 1. The highest BCUT2D eigenvalue weighted by molar-refractivity contribution is 5.91. The normalized spacial score (nSPS) is 19.5. The summed E-state index contributed by atoms with van der Waals surface area (Å²) in [6.45, 7) is 5.80. The summed E-state index contributed by atoms with van der Waals surface area (Å²) in [4.78, 5) is 22.6. The fraction of sp³-hybridized carbons (Fsp3) is 0.562. The number of hydrogen-bond donors (Lipinski definition) is 2. The molecule has 120 valence electrons. The van der Waals surface area contributed by atoms with Crippen molar-refractivity contribution >= 4 is 17.3 Å². The number of benzene rings is 1. The van der Waals surface area contributed by atoms with Crippen LogP contribution in [0.5, 0.6) is 0 Å². The van der Waals surface area contributed by atoms with Crippen LogP contribution in [0.15, 0.2) is 18.2 Å². The SMILES string of the molecule is Cc1ccc(NC(=O)CC(C)C2CCCNC2)cc1[N+](=O)[O-]. The molecule has 2 N–H and O–H groups in total. The molecule has 1 saturated heterocycles. The molecule has 1 amide bonds. The molecule has 0 aromatic heterocycles. The van der Waals surface area contributed by atoms with E-state index in [0.29, 0.717) is 29.5 Å². The summed E-state index contributed by atoms with van der Waals surface area (Å²) in [6.07, 6.45) is 2.74. The average Bonchev–Trinajstić information content (AvgIpc) is 2.49. The van der Waals surface area contributed by atoms with Crippen molar-refractivity contribution < 1.29 is 9.72 Å². The first-order valence-electron chi connectivity index (χ1n) is 7.73. The van der Waals surface area contributed by atoms with Crippen molar-refractivity contribution in [3.8, 4) is 0 Å². The van der Waals surface area contributed by atoms with Gasteiger partial charge in [0.15, 0.2) is 0 Å². The number of hydrogen-bond acceptors (Lipinski definition) is 4. The Morgan fingerprint density at radius 2 is 2.32 bits per heavy atom. The van der Waals surface area contributed by atoms with Gasteiger partial charge in [0, 0.05) is 23.7 Å². The highest BCUT2D eigenvalue weighted by Gasteiger charge is 2.22. The first-order valence-corrected chi connectivity index (χ1v) is 7.73. The third-order valence-corrected chi connectivity index (χ3v) is 4.34. The number of aryl methyl sites for hydroxylation is 1. The fourth-order valence-electron chi connectivity index (χ4n) is 2.92. The van der Waals surface area contributed by atoms with E-state index in [1.54, 1.807) is 19.1 Å². The van der Waals surface area contributed by atoms with Gasteiger partial charge >= 0.3 is 0 Å². The first-order chi connectivity index (χ1) is 10.5. The van der Waals surface area contributed by atoms with Gasteiger partial charge in [-0.15, -0.1) is 0 Å². The number of nitrogens with one attached hydrogen (secondary N) is 2. The second kappa shape index (κ2) is 7.35. The van der Waals surface area contributed by atoms with Crippen molar-refractivity contribution in [3.63, 3.8) is 0 Å². The van der Waals surface area contributed by atoms with Crippen LogP contribution in [0.3, 0.4) is 0 Å². The van der Waals surface area contributed by atoms with E-state index >= 15 is 0 Å². The van der Waals surface area contributed by atoms with Gasteiger partial charge in [0.25, 0.3) is 5.69 Å². The lowest BCUT2D eigenvalue weighted by atomic mass is 9.85. The van der Waals surface area contributed by atoms with Gasteiger partial charge in [-0.2, -0.15) is 0 Å². The lowest BCUT2D eigenvalue weighted by Crippen LogP contribution is -2.34. The Morgan fingerprint density at radius 1 is 1.55 bits per heavy atom. The smallest absolute Gasteiger partial charge is 0.274 e. The van der Waals surface area contributed by atoms with Crippen molar-refractivity contribution in [1.82, 2.24) is 5.32 Å². The molecule has 0 bridgehead atoms. The van der Waals surface area contributed by atoms with E-state index in [2.05, 4.69) is 17.6 Å². The Bertz CT molecular complexity index is 554. The van der Waals surface area contributed by atoms with Gasteiger partial charge in [-0.25, -0.2) is 0 Å². The number of nitrogens with zero attached hydrogens (tertiary/aromatic N) is 1. The zero-order valence-corrected chi connectivity index (χ0v) is 13.1. The van der Waals surface area contributed by atoms with Gasteiger partial charge in [-0.3, -0.25) is 14.9 Å². The van der Waals surface area contributed by atoms with Crippen molar-refractivity contribution in [3.05, 3.63) is 33.9 Å². The molecule has 1 heterocycles. The molecule has 0 aliphatic carbocycles. The number of nitro benzene ring substituents is 1. The Kier molecular flexibility index (Phi) is 5.49. The van der Waals surface area contributed by atoms with Crippen LogP contribution in [0.1, 0.15) is 31.7 Å². The number of amides is 1. The van der Waals surface area contributed by atoms with Crippen LogP contribution in [-0.2, 0) is 4.79 Å². The molecule has 2 rings (SSSR count). The summed E-state index contributed by atoms with van der Waals surface area (Å²) in [5, 5.41) is 17.1. The minimum absolute atomic E-state index is 0.0299. The fourth-order valence-corrected chi connectivity index (χ4v) is 2.92. The first kappa shape index (κ1) is 16.4. The van der Waals surface area contributed by atoms with Gasteiger partial charge in [-0.1, -0.05) is 13.0 Å². The van der Waals surface area contributed by atoms with Crippen LogP contribution in [0.25, 0.3) is 0 Å². The maximum Gasteiger partial charge on any atom is 0.274 e. The molecule has 2 unspecified atom stereocenters. The van der Waals surface area contributed by atoms with Crippen molar-refractivity contribution in [2.24, 2.45) is 11.8 Å². The highest BCUT2D eigenvalue weighted by Crippen LogP contribution is 2.25. The van der Waals surface area contributed by atoms with Crippen LogP contribution >= 0.6 is 0 Å². The van der Waals surface area contributed by atoms with Gasteiger partial charge in [-0.05, 0) is 50.8 Å². The maximum absolute atomic E-state index is 12.1. The van der Waals surface area contributed by atoms with E-state index in [1.165, 1.54) is 6.07 Å². The van der Waals surface area contributed by atoms with E-state index in [4.69, 9.17) is 0 Å². The van der Waals surface area contributed by atoms with Crippen LogP contribution in [-0.4, -0.2) is 23.9 Å². The molecule has 6 nitrogen and oxygen atoms in total. The number of nitro groups is 1. The number of rotatable bonds is 5. The molecule has 1 aromatic carbocycles. The molecule has 1 aromatic rings. The molecule has 1 aliphatic heterocycles. The van der Waals surface area contributed by atoms with Gasteiger partial charge in [0.05, 0.1) is 4.92 Å². The van der Waals surface area contributed by atoms with Gasteiger partial charge in [0.2, 0.25) is 5.91 Å². The molecule has 1 aliphatic rings. The molecule has 0 spiro atoms. The van der Waals surface area contributed by atoms with E-state index in [9.17, 15) is 14.9 Å². The molecule has 0 radical (unpaired) electrons. The second-order valence-corrected chi connectivity index (χ2v) is 6.09. The summed E-state index contributed by atoms with van der Waals surface area (Å²) in [5.41, 5.74) is 1.10. The molecule has 22 heavy (non-hydrogen) atoms. The van der Waals surface area contributed by atoms with E-state index in [-0.39, 0.29) is 11.6 Å². The van der Waals surface area contributed by atoms with E-state index in [0.717, 1.165) is 25.9 Å². The highest BCUT2D eigenvalue weighted by atomic mass is 16.6. The predicted octanol–water partition coefficient (Wildman–Crippen LogP) is 2.87. The zero-order valence-electron chi connectivity index (χ0n) is 13.1. The molecular weight excluding hydrogens is 282 g/mol. The van der Waals surface area contributed by atoms with E-state index < -0.39 is 4.92 Å². The summed E-state index contributed by atoms with van der Waals surface area (Å²) in [7, 11) is 0. The molecular formula is C16H23N3O3. The van der Waals surface area contributed by atoms with Crippen LogP contribution < -0.4 is 10.6 Å². The minimum Gasteiger partial charge on any atom is -0.326 e. The van der Waals surface area contributed by atoms with Crippen LogP contribution in [0, 0.1) is 28.9 Å². The maximum atomic E-state index is 12.1.